The lowest BCUT2D eigenvalue weighted by Crippen LogP contribution is -2.43. The average molecular weight is 299 g/mol. The molecule has 0 aromatic carbocycles. The fourth-order valence-electron chi connectivity index (χ4n) is 3.70. The zero-order chi connectivity index (χ0) is 14.2. The average Bonchev–Trinajstić information content (AvgIpc) is 3.19. The van der Waals surface area contributed by atoms with Crippen molar-refractivity contribution in [2.75, 3.05) is 0 Å². The predicted molar refractivity (Wildman–Crippen MR) is 79.3 cm³/mol. The maximum Gasteiger partial charge on any atom is 0.265 e. The molecule has 1 spiro atoms. The van der Waals surface area contributed by atoms with Gasteiger partial charge in [0.15, 0.2) is 0 Å². The van der Waals surface area contributed by atoms with Crippen molar-refractivity contribution in [3.05, 3.63) is 0 Å². The van der Waals surface area contributed by atoms with Gasteiger partial charge in [0.05, 0.1) is 0 Å². The molecule has 0 radical (unpaired) electrons. The van der Waals surface area contributed by atoms with E-state index in [2.05, 4.69) is 11.3 Å². The van der Waals surface area contributed by atoms with Crippen molar-refractivity contribution in [3.63, 3.8) is 0 Å². The molecule has 5 heteroatoms. The Kier molecular flexibility index (Phi) is 3.82. The minimum absolute atomic E-state index is 0.159. The molecule has 0 N–H and O–H groups in total. The van der Waals surface area contributed by atoms with Gasteiger partial charge in [0.25, 0.3) is 10.0 Å². The SMILES string of the molecule is CCCC1OC(CC2CCCCC2)=NS(=O)(=O)C12CC2. The van der Waals surface area contributed by atoms with Crippen LogP contribution in [0.5, 0.6) is 0 Å². The van der Waals surface area contributed by atoms with Crippen LogP contribution in [0, 0.1) is 5.92 Å². The van der Waals surface area contributed by atoms with E-state index in [-0.39, 0.29) is 6.10 Å². The van der Waals surface area contributed by atoms with Crippen molar-refractivity contribution in [1.29, 1.82) is 0 Å². The molecular weight excluding hydrogens is 274 g/mol. The number of hydrogen-bond donors (Lipinski definition) is 0. The Bertz CT molecular complexity index is 487. The molecule has 4 nitrogen and oxygen atoms in total. The third-order valence-corrected chi connectivity index (χ3v) is 7.23. The highest BCUT2D eigenvalue weighted by Crippen LogP contribution is 2.52. The quantitative estimate of drug-likeness (QED) is 0.799. The van der Waals surface area contributed by atoms with Gasteiger partial charge in [0.1, 0.15) is 10.9 Å². The normalized spacial score (nSPS) is 31.6. The lowest BCUT2D eigenvalue weighted by molar-refractivity contribution is 0.147. The van der Waals surface area contributed by atoms with Crippen molar-refractivity contribution >= 4 is 15.9 Å². The summed E-state index contributed by atoms with van der Waals surface area (Å²) < 4.78 is 34.2. The molecule has 0 amide bonds. The molecule has 3 rings (SSSR count). The maximum absolute atomic E-state index is 12.4. The van der Waals surface area contributed by atoms with Crippen LogP contribution in [0.3, 0.4) is 0 Å². The first kappa shape index (κ1) is 14.4. The van der Waals surface area contributed by atoms with Crippen LogP contribution < -0.4 is 0 Å². The molecule has 1 atom stereocenters. The van der Waals surface area contributed by atoms with Crippen molar-refractivity contribution in [1.82, 2.24) is 0 Å². The first-order valence-corrected chi connectivity index (χ1v) is 9.51. The highest BCUT2D eigenvalue weighted by atomic mass is 32.2. The number of rotatable bonds is 4. The molecule has 2 saturated carbocycles. The van der Waals surface area contributed by atoms with Crippen LogP contribution in [-0.2, 0) is 14.8 Å². The summed E-state index contributed by atoms with van der Waals surface area (Å²) in [5.74, 6) is 1.06. The molecule has 114 valence electrons. The first-order chi connectivity index (χ1) is 9.57. The molecule has 1 unspecified atom stereocenters. The summed E-state index contributed by atoms with van der Waals surface area (Å²) in [6.45, 7) is 2.08. The molecule has 2 aliphatic carbocycles. The summed E-state index contributed by atoms with van der Waals surface area (Å²) in [5, 5.41) is 0. The fraction of sp³-hybridized carbons (Fsp3) is 0.933. The topological polar surface area (TPSA) is 55.7 Å². The summed E-state index contributed by atoms with van der Waals surface area (Å²) in [6, 6.07) is 0. The Morgan fingerprint density at radius 2 is 1.95 bits per heavy atom. The molecule has 0 aromatic rings. The van der Waals surface area contributed by atoms with E-state index in [4.69, 9.17) is 4.74 Å². The van der Waals surface area contributed by atoms with E-state index in [1.807, 2.05) is 0 Å². The summed E-state index contributed by atoms with van der Waals surface area (Å²) in [4.78, 5) is 0. The Labute approximate surface area is 122 Å². The molecule has 0 saturated heterocycles. The lowest BCUT2D eigenvalue weighted by atomic mass is 9.87. The Morgan fingerprint density at radius 1 is 1.25 bits per heavy atom. The van der Waals surface area contributed by atoms with Gasteiger partial charge in [-0.3, -0.25) is 0 Å². The molecule has 0 aromatic heterocycles. The summed E-state index contributed by atoms with van der Waals surface area (Å²) in [6.07, 6.45) is 9.98. The van der Waals surface area contributed by atoms with Gasteiger partial charge in [0.2, 0.25) is 5.90 Å². The largest absolute Gasteiger partial charge is 0.475 e. The third kappa shape index (κ3) is 2.49. The van der Waals surface area contributed by atoms with E-state index in [0.29, 0.717) is 11.8 Å². The predicted octanol–water partition coefficient (Wildman–Crippen LogP) is 3.42. The van der Waals surface area contributed by atoms with Crippen molar-refractivity contribution in [2.24, 2.45) is 10.3 Å². The molecule has 2 fully saturated rings. The monoisotopic (exact) mass is 299 g/mol. The zero-order valence-corrected chi connectivity index (χ0v) is 13.1. The fourth-order valence-corrected chi connectivity index (χ4v) is 5.38. The maximum atomic E-state index is 12.4. The first-order valence-electron chi connectivity index (χ1n) is 8.07. The minimum Gasteiger partial charge on any atom is -0.475 e. The smallest absolute Gasteiger partial charge is 0.265 e. The molecule has 20 heavy (non-hydrogen) atoms. The molecule has 1 aliphatic heterocycles. The van der Waals surface area contributed by atoms with Crippen LogP contribution in [0.15, 0.2) is 4.40 Å². The van der Waals surface area contributed by atoms with Gasteiger partial charge in [0, 0.05) is 6.42 Å². The van der Waals surface area contributed by atoms with Gasteiger partial charge in [-0.15, -0.1) is 4.40 Å². The van der Waals surface area contributed by atoms with E-state index >= 15 is 0 Å². The van der Waals surface area contributed by atoms with Crippen molar-refractivity contribution in [2.45, 2.75) is 82.0 Å². The second-order valence-corrected chi connectivity index (χ2v) is 8.57. The summed E-state index contributed by atoms with van der Waals surface area (Å²) in [5.41, 5.74) is 0. The highest BCUT2D eigenvalue weighted by molar-refractivity contribution is 7.92. The Morgan fingerprint density at radius 3 is 2.55 bits per heavy atom. The second kappa shape index (κ2) is 5.32. The van der Waals surface area contributed by atoms with Gasteiger partial charge in [-0.05, 0) is 38.0 Å². The third-order valence-electron chi connectivity index (χ3n) is 5.08. The van der Waals surface area contributed by atoms with Crippen LogP contribution in [0.2, 0.25) is 0 Å². The van der Waals surface area contributed by atoms with Crippen LogP contribution >= 0.6 is 0 Å². The summed E-state index contributed by atoms with van der Waals surface area (Å²) >= 11 is 0. The highest BCUT2D eigenvalue weighted by Gasteiger charge is 2.63. The van der Waals surface area contributed by atoms with Crippen molar-refractivity contribution < 1.29 is 13.2 Å². The Hall–Kier alpha value is -0.580. The molecule has 1 heterocycles. The van der Waals surface area contributed by atoms with E-state index in [1.165, 1.54) is 32.1 Å². The molecule has 3 aliphatic rings. The number of hydrogen-bond acceptors (Lipinski definition) is 3. The molecule has 0 bridgehead atoms. The van der Waals surface area contributed by atoms with Gasteiger partial charge >= 0.3 is 0 Å². The number of sulfonamides is 1. The summed E-state index contributed by atoms with van der Waals surface area (Å²) in [7, 11) is -3.36. The van der Waals surface area contributed by atoms with Crippen molar-refractivity contribution in [3.8, 4) is 0 Å². The van der Waals surface area contributed by atoms with Crippen LogP contribution in [-0.4, -0.2) is 25.2 Å². The van der Waals surface area contributed by atoms with E-state index in [1.54, 1.807) is 0 Å². The van der Waals surface area contributed by atoms with E-state index < -0.39 is 14.8 Å². The lowest BCUT2D eigenvalue weighted by Gasteiger charge is -2.32. The number of ether oxygens (including phenoxy) is 1. The van der Waals surface area contributed by atoms with E-state index in [9.17, 15) is 8.42 Å². The standard InChI is InChI=1S/C15H25NO3S/c1-2-6-13-15(9-10-15)20(17,18)16-14(19-13)11-12-7-4-3-5-8-12/h12-13H,2-11H2,1H3. The van der Waals surface area contributed by atoms with Gasteiger partial charge in [-0.25, -0.2) is 8.42 Å². The van der Waals surface area contributed by atoms with Gasteiger partial charge < -0.3 is 4.74 Å². The molecular formula is C15H25NO3S. The van der Waals surface area contributed by atoms with Gasteiger partial charge in [-0.1, -0.05) is 32.6 Å². The van der Waals surface area contributed by atoms with Crippen LogP contribution in [0.1, 0.15) is 71.1 Å². The zero-order valence-electron chi connectivity index (χ0n) is 12.3. The second-order valence-electron chi connectivity index (χ2n) is 6.63. The van der Waals surface area contributed by atoms with E-state index in [0.717, 1.165) is 32.1 Å². The van der Waals surface area contributed by atoms with Crippen LogP contribution in [0.25, 0.3) is 0 Å². The van der Waals surface area contributed by atoms with Gasteiger partial charge in [-0.2, -0.15) is 0 Å². The number of nitrogens with zero attached hydrogens (tertiary/aromatic N) is 1. The Balaban J connectivity index is 1.76. The van der Waals surface area contributed by atoms with Crippen LogP contribution in [0.4, 0.5) is 0 Å². The minimum atomic E-state index is -3.36.